The molecule has 41 heavy (non-hydrogen) atoms. The van der Waals surface area contributed by atoms with E-state index in [1.54, 1.807) is 31.5 Å². The molecule has 1 saturated carbocycles. The number of ether oxygens (including phenoxy) is 1. The average molecular weight is 600 g/mol. The van der Waals surface area contributed by atoms with E-state index in [1.807, 2.05) is 30.3 Å². The van der Waals surface area contributed by atoms with Gasteiger partial charge in [0, 0.05) is 43.6 Å². The van der Waals surface area contributed by atoms with E-state index in [2.05, 4.69) is 4.98 Å². The molecule has 1 aliphatic rings. The van der Waals surface area contributed by atoms with Crippen molar-refractivity contribution in [3.05, 3.63) is 82.0 Å². The number of rotatable bonds is 7. The Labute approximate surface area is 244 Å². The first-order chi connectivity index (χ1) is 19.7. The van der Waals surface area contributed by atoms with E-state index >= 15 is 0 Å². The highest BCUT2D eigenvalue weighted by Crippen LogP contribution is 2.41. The highest BCUT2D eigenvalue weighted by molar-refractivity contribution is 7.21. The Morgan fingerprint density at radius 1 is 1.02 bits per heavy atom. The van der Waals surface area contributed by atoms with Crippen LogP contribution in [0.5, 0.6) is 5.75 Å². The molecule has 1 aliphatic carbocycles. The van der Waals surface area contributed by atoms with Crippen molar-refractivity contribution in [1.29, 1.82) is 0 Å². The van der Waals surface area contributed by atoms with Crippen molar-refractivity contribution in [3.8, 4) is 16.9 Å². The maximum absolute atomic E-state index is 14.7. The number of benzene rings is 2. The first-order valence-electron chi connectivity index (χ1n) is 13.1. The van der Waals surface area contributed by atoms with E-state index < -0.39 is 23.6 Å². The SMILES string of the molecule is COc1ccc(-c2ccncc2)cc1CN(C(=O)c1sc2c(F)ccc(F)c2c1Cl)C1CCC(N(C)C(=O)O)CC1. The summed E-state index contributed by atoms with van der Waals surface area (Å²) in [5.41, 5.74) is 2.60. The third kappa shape index (κ3) is 5.71. The van der Waals surface area contributed by atoms with Gasteiger partial charge in [-0.1, -0.05) is 17.7 Å². The first kappa shape index (κ1) is 28.8. The minimum atomic E-state index is -1.000. The maximum Gasteiger partial charge on any atom is 0.407 e. The largest absolute Gasteiger partial charge is 0.496 e. The fraction of sp³-hybridized carbons (Fsp3) is 0.300. The van der Waals surface area contributed by atoms with Crippen molar-refractivity contribution in [1.82, 2.24) is 14.8 Å². The normalized spacial score (nSPS) is 16.9. The Bertz CT molecular complexity index is 1590. The molecule has 5 rings (SSSR count). The van der Waals surface area contributed by atoms with Crippen LogP contribution in [-0.2, 0) is 6.54 Å². The fourth-order valence-electron chi connectivity index (χ4n) is 5.46. The number of amides is 2. The van der Waals surface area contributed by atoms with Gasteiger partial charge in [0.15, 0.2) is 0 Å². The number of aromatic nitrogens is 1. The second-order valence-electron chi connectivity index (χ2n) is 10.0. The van der Waals surface area contributed by atoms with E-state index in [1.165, 1.54) is 4.90 Å². The van der Waals surface area contributed by atoms with Gasteiger partial charge < -0.3 is 19.6 Å². The molecule has 0 bridgehead atoms. The third-order valence-electron chi connectivity index (χ3n) is 7.73. The van der Waals surface area contributed by atoms with Crippen LogP contribution < -0.4 is 4.74 Å². The number of hydrogen-bond acceptors (Lipinski definition) is 5. The lowest BCUT2D eigenvalue weighted by Crippen LogP contribution is -2.46. The summed E-state index contributed by atoms with van der Waals surface area (Å²) in [6.45, 7) is 0.153. The molecular weight excluding hydrogens is 572 g/mol. The van der Waals surface area contributed by atoms with Gasteiger partial charge in [0.2, 0.25) is 0 Å². The summed E-state index contributed by atoms with van der Waals surface area (Å²) in [4.78, 5) is 32.8. The smallest absolute Gasteiger partial charge is 0.407 e. The molecule has 0 aliphatic heterocycles. The molecule has 1 fully saturated rings. The molecule has 0 saturated heterocycles. The molecule has 11 heteroatoms. The van der Waals surface area contributed by atoms with Gasteiger partial charge in [-0.05, 0) is 73.2 Å². The van der Waals surface area contributed by atoms with E-state index in [4.69, 9.17) is 16.3 Å². The van der Waals surface area contributed by atoms with Crippen LogP contribution in [0, 0.1) is 11.6 Å². The van der Waals surface area contributed by atoms with E-state index in [9.17, 15) is 23.5 Å². The molecule has 1 N–H and O–H groups in total. The number of nitrogens with zero attached hydrogens (tertiary/aromatic N) is 3. The van der Waals surface area contributed by atoms with Gasteiger partial charge in [-0.3, -0.25) is 9.78 Å². The Morgan fingerprint density at radius 3 is 2.32 bits per heavy atom. The molecule has 214 valence electrons. The van der Waals surface area contributed by atoms with Gasteiger partial charge in [0.05, 0.1) is 22.2 Å². The Hall–Kier alpha value is -3.76. The average Bonchev–Trinajstić information content (AvgIpc) is 3.35. The molecule has 4 aromatic rings. The molecule has 0 spiro atoms. The van der Waals surface area contributed by atoms with Crippen molar-refractivity contribution < 1.29 is 28.2 Å². The van der Waals surface area contributed by atoms with Gasteiger partial charge >= 0.3 is 6.09 Å². The molecule has 0 unspecified atom stereocenters. The third-order valence-corrected chi connectivity index (χ3v) is 9.40. The lowest BCUT2D eigenvalue weighted by atomic mass is 9.89. The molecule has 0 atom stereocenters. The number of thiophene rings is 1. The van der Waals surface area contributed by atoms with Crippen LogP contribution in [0.3, 0.4) is 0 Å². The van der Waals surface area contributed by atoms with E-state index in [-0.39, 0.29) is 38.6 Å². The number of carbonyl (C=O) groups excluding carboxylic acids is 1. The first-order valence-corrected chi connectivity index (χ1v) is 14.3. The van der Waals surface area contributed by atoms with Gasteiger partial charge in [-0.15, -0.1) is 11.3 Å². The van der Waals surface area contributed by atoms with Crippen molar-refractivity contribution >= 4 is 45.0 Å². The second kappa shape index (κ2) is 12.0. The Kier molecular flexibility index (Phi) is 8.42. The lowest BCUT2D eigenvalue weighted by molar-refractivity contribution is 0.0555. The van der Waals surface area contributed by atoms with Gasteiger partial charge in [0.1, 0.15) is 22.3 Å². The second-order valence-corrected chi connectivity index (χ2v) is 11.4. The predicted molar refractivity (Wildman–Crippen MR) is 155 cm³/mol. The highest BCUT2D eigenvalue weighted by Gasteiger charge is 2.34. The van der Waals surface area contributed by atoms with E-state index in [0.29, 0.717) is 31.4 Å². The molecule has 2 aromatic heterocycles. The van der Waals surface area contributed by atoms with Crippen LogP contribution in [0.1, 0.15) is 40.9 Å². The number of pyridine rings is 1. The van der Waals surface area contributed by atoms with Crippen LogP contribution in [-0.4, -0.2) is 58.1 Å². The number of fused-ring (bicyclic) bond motifs is 1. The quantitative estimate of drug-likeness (QED) is 0.238. The standard InChI is InChI=1S/C30H28ClF2N3O4S/c1-35(30(38)39)20-4-6-21(7-5-20)36(29(37)28-26(31)25-22(32)8-9-23(33)27(25)41-28)16-19-15-18(3-10-24(19)40-2)17-11-13-34-14-12-17/h3,8-15,20-21H,4-7,16H2,1-2H3,(H,38,39). The van der Waals surface area contributed by atoms with Crippen LogP contribution in [0.4, 0.5) is 13.6 Å². The highest BCUT2D eigenvalue weighted by atomic mass is 35.5. The zero-order valence-electron chi connectivity index (χ0n) is 22.4. The number of halogens is 3. The summed E-state index contributed by atoms with van der Waals surface area (Å²) in [5.74, 6) is -1.21. The van der Waals surface area contributed by atoms with Crippen molar-refractivity contribution in [2.45, 2.75) is 44.3 Å². The Morgan fingerprint density at radius 2 is 1.68 bits per heavy atom. The van der Waals surface area contributed by atoms with Crippen LogP contribution >= 0.6 is 22.9 Å². The number of carboxylic acid groups (broad SMARTS) is 1. The summed E-state index contributed by atoms with van der Waals surface area (Å²) >= 11 is 7.37. The minimum absolute atomic E-state index is 0.0117. The zero-order chi connectivity index (χ0) is 29.3. The number of carbonyl (C=O) groups is 2. The molecule has 2 heterocycles. The van der Waals surface area contributed by atoms with Crippen LogP contribution in [0.15, 0.2) is 54.9 Å². The van der Waals surface area contributed by atoms with Gasteiger partial charge in [-0.25, -0.2) is 13.6 Å². The van der Waals surface area contributed by atoms with Crippen molar-refractivity contribution in [2.75, 3.05) is 14.2 Å². The van der Waals surface area contributed by atoms with E-state index in [0.717, 1.165) is 40.2 Å². The minimum Gasteiger partial charge on any atom is -0.496 e. The summed E-state index contributed by atoms with van der Waals surface area (Å²) in [6.07, 6.45) is 4.62. The fourth-order valence-corrected chi connectivity index (χ4v) is 6.96. The summed E-state index contributed by atoms with van der Waals surface area (Å²) in [5, 5.41) is 9.21. The predicted octanol–water partition coefficient (Wildman–Crippen LogP) is 7.47. The molecular formula is C30H28ClF2N3O4S. The summed E-state index contributed by atoms with van der Waals surface area (Å²) in [6, 6.07) is 11.1. The zero-order valence-corrected chi connectivity index (χ0v) is 24.0. The molecule has 2 aromatic carbocycles. The summed E-state index contributed by atoms with van der Waals surface area (Å²) in [7, 11) is 3.10. The van der Waals surface area contributed by atoms with Crippen LogP contribution in [0.2, 0.25) is 5.02 Å². The summed E-state index contributed by atoms with van der Waals surface area (Å²) < 4.78 is 34.9. The number of hydrogen-bond donors (Lipinski definition) is 1. The molecule has 7 nitrogen and oxygen atoms in total. The van der Waals surface area contributed by atoms with Crippen LogP contribution in [0.25, 0.3) is 21.2 Å². The lowest BCUT2D eigenvalue weighted by Gasteiger charge is -2.39. The topological polar surface area (TPSA) is 83.0 Å². The molecule has 2 amide bonds. The maximum atomic E-state index is 14.7. The van der Waals surface area contributed by atoms with Crippen molar-refractivity contribution in [3.63, 3.8) is 0 Å². The molecule has 0 radical (unpaired) electrons. The number of methoxy groups -OCH3 is 1. The van der Waals surface area contributed by atoms with Gasteiger partial charge in [-0.2, -0.15) is 0 Å². The van der Waals surface area contributed by atoms with Crippen molar-refractivity contribution in [2.24, 2.45) is 0 Å². The van der Waals surface area contributed by atoms with Gasteiger partial charge in [0.25, 0.3) is 5.91 Å². The Balaban J connectivity index is 1.54. The monoisotopic (exact) mass is 599 g/mol.